The highest BCUT2D eigenvalue weighted by atomic mass is 19.1. The molecule has 0 unspecified atom stereocenters. The molecular weight excluding hydrogens is 396 g/mol. The van der Waals surface area contributed by atoms with E-state index in [-0.39, 0.29) is 17.4 Å². The summed E-state index contributed by atoms with van der Waals surface area (Å²) in [5.74, 6) is 0.429. The molecule has 160 valence electrons. The number of hydrogen-bond donors (Lipinski definition) is 1. The van der Waals surface area contributed by atoms with Crippen LogP contribution in [0.4, 0.5) is 14.8 Å². The highest BCUT2D eigenvalue weighted by Crippen LogP contribution is 2.40. The summed E-state index contributed by atoms with van der Waals surface area (Å²) in [5, 5.41) is 4.22. The van der Waals surface area contributed by atoms with Crippen LogP contribution in [-0.4, -0.2) is 16.0 Å². The number of oxazole rings is 1. The van der Waals surface area contributed by atoms with Crippen molar-refractivity contribution in [2.24, 2.45) is 5.92 Å². The van der Waals surface area contributed by atoms with Gasteiger partial charge in [0.2, 0.25) is 0 Å². The van der Waals surface area contributed by atoms with E-state index in [9.17, 15) is 8.78 Å². The van der Waals surface area contributed by atoms with Crippen LogP contribution in [0.15, 0.2) is 53.1 Å². The number of pyridine rings is 1. The van der Waals surface area contributed by atoms with Crippen LogP contribution in [0.5, 0.6) is 0 Å². The minimum Gasteiger partial charge on any atom is -0.420 e. The third-order valence-corrected chi connectivity index (χ3v) is 6.45. The first-order chi connectivity index (χ1) is 15.1. The molecule has 4 aromatic rings. The second kappa shape index (κ2) is 8.25. The lowest BCUT2D eigenvalue weighted by Crippen LogP contribution is -2.23. The van der Waals surface area contributed by atoms with Gasteiger partial charge in [-0.15, -0.1) is 0 Å². The maximum absolute atomic E-state index is 13.8. The topological polar surface area (TPSA) is 51.0 Å². The quantitative estimate of drug-likeness (QED) is 0.384. The smallest absolute Gasteiger partial charge is 0.295 e. The number of benzene rings is 2. The van der Waals surface area contributed by atoms with Crippen molar-refractivity contribution in [3.05, 3.63) is 65.9 Å². The molecule has 1 saturated carbocycles. The van der Waals surface area contributed by atoms with E-state index < -0.39 is 5.82 Å². The molecule has 4 nitrogen and oxygen atoms in total. The van der Waals surface area contributed by atoms with Crippen molar-refractivity contribution in [2.75, 3.05) is 5.32 Å². The summed E-state index contributed by atoms with van der Waals surface area (Å²) in [5.41, 5.74) is 2.78. The zero-order valence-corrected chi connectivity index (χ0v) is 17.4. The monoisotopic (exact) mass is 421 g/mol. The molecule has 0 spiro atoms. The van der Waals surface area contributed by atoms with Crippen LogP contribution in [0.25, 0.3) is 22.0 Å². The van der Waals surface area contributed by atoms with Crippen molar-refractivity contribution in [1.29, 1.82) is 0 Å². The standard InChI is InChI=1S/C25H25F2N3O/c1-15(29-25-30-23-4-2-3-21(27)24(23)31-25)13-16-5-7-17(8-6-16)19-11-12-28-22-10-9-18(26)14-20(19)22/h2-4,9-12,14-17H,5-8,13H2,1H3,(H,29,30)/t15-,16?,17?/m1/s1. The number of anilines is 1. The largest absolute Gasteiger partial charge is 0.420 e. The van der Waals surface area contributed by atoms with E-state index in [1.54, 1.807) is 24.3 Å². The number of hydrogen-bond acceptors (Lipinski definition) is 4. The van der Waals surface area contributed by atoms with Gasteiger partial charge < -0.3 is 9.73 Å². The second-order valence-corrected chi connectivity index (χ2v) is 8.67. The lowest BCUT2D eigenvalue weighted by atomic mass is 9.76. The van der Waals surface area contributed by atoms with Gasteiger partial charge >= 0.3 is 0 Å². The minimum atomic E-state index is -0.396. The summed E-state index contributed by atoms with van der Waals surface area (Å²) in [6, 6.07) is 12.2. The predicted octanol–water partition coefficient (Wildman–Crippen LogP) is 6.82. The molecule has 1 aliphatic carbocycles. The molecule has 6 heteroatoms. The van der Waals surface area contributed by atoms with Gasteiger partial charge in [0, 0.05) is 17.6 Å². The molecule has 1 N–H and O–H groups in total. The van der Waals surface area contributed by atoms with E-state index in [1.165, 1.54) is 17.7 Å². The van der Waals surface area contributed by atoms with E-state index >= 15 is 0 Å². The summed E-state index contributed by atoms with van der Waals surface area (Å²) in [7, 11) is 0. The summed E-state index contributed by atoms with van der Waals surface area (Å²) in [6.45, 7) is 2.11. The molecule has 31 heavy (non-hydrogen) atoms. The van der Waals surface area contributed by atoms with Crippen LogP contribution >= 0.6 is 0 Å². The first-order valence-corrected chi connectivity index (χ1v) is 10.9. The Kier molecular flexibility index (Phi) is 5.30. The molecule has 0 amide bonds. The Hall–Kier alpha value is -3.02. The van der Waals surface area contributed by atoms with Gasteiger partial charge in [-0.3, -0.25) is 4.98 Å². The van der Waals surface area contributed by atoms with Crippen LogP contribution in [0.1, 0.15) is 50.5 Å². The van der Waals surface area contributed by atoms with Gasteiger partial charge in [-0.25, -0.2) is 8.78 Å². The van der Waals surface area contributed by atoms with Gasteiger partial charge in [0.25, 0.3) is 6.01 Å². The van der Waals surface area contributed by atoms with Gasteiger partial charge in [0.1, 0.15) is 11.3 Å². The van der Waals surface area contributed by atoms with Crippen molar-refractivity contribution < 1.29 is 13.2 Å². The number of aromatic nitrogens is 2. The Bertz CT molecular complexity index is 1210. The number of para-hydroxylation sites is 1. The molecule has 1 atom stereocenters. The Morgan fingerprint density at radius 3 is 2.71 bits per heavy atom. The van der Waals surface area contributed by atoms with Crippen molar-refractivity contribution in [1.82, 2.24) is 9.97 Å². The molecule has 5 rings (SSSR count). The molecule has 0 aliphatic heterocycles. The first kappa shape index (κ1) is 19.9. The van der Waals surface area contributed by atoms with Gasteiger partial charge in [-0.1, -0.05) is 6.07 Å². The maximum atomic E-state index is 13.8. The van der Waals surface area contributed by atoms with Gasteiger partial charge in [0.15, 0.2) is 11.4 Å². The lowest BCUT2D eigenvalue weighted by molar-refractivity contribution is 0.301. The highest BCUT2D eigenvalue weighted by molar-refractivity contribution is 5.82. The summed E-state index contributed by atoms with van der Waals surface area (Å²) in [4.78, 5) is 8.72. The molecule has 1 fully saturated rings. The Morgan fingerprint density at radius 2 is 1.90 bits per heavy atom. The van der Waals surface area contributed by atoms with E-state index in [4.69, 9.17) is 4.42 Å². The number of fused-ring (bicyclic) bond motifs is 2. The molecular formula is C25H25F2N3O. The Labute approximate surface area is 179 Å². The fraction of sp³-hybridized carbons (Fsp3) is 0.360. The highest BCUT2D eigenvalue weighted by Gasteiger charge is 2.25. The predicted molar refractivity (Wildman–Crippen MR) is 118 cm³/mol. The van der Waals surface area contributed by atoms with Crippen LogP contribution in [0.3, 0.4) is 0 Å². The number of rotatable bonds is 5. The average molecular weight is 421 g/mol. The van der Waals surface area contributed by atoms with Crippen molar-refractivity contribution in [2.45, 2.75) is 51.0 Å². The van der Waals surface area contributed by atoms with Crippen molar-refractivity contribution in [3.8, 4) is 0 Å². The van der Waals surface area contributed by atoms with Gasteiger partial charge in [-0.2, -0.15) is 4.98 Å². The van der Waals surface area contributed by atoms with E-state index in [2.05, 4.69) is 22.2 Å². The fourth-order valence-electron chi connectivity index (χ4n) is 4.95. The molecule has 0 saturated heterocycles. The molecule has 2 aromatic carbocycles. The fourth-order valence-corrected chi connectivity index (χ4v) is 4.95. The third-order valence-electron chi connectivity index (χ3n) is 6.45. The normalized spacial score (nSPS) is 20.2. The molecule has 0 radical (unpaired) electrons. The minimum absolute atomic E-state index is 0.175. The van der Waals surface area contributed by atoms with Crippen molar-refractivity contribution >= 4 is 28.0 Å². The summed E-state index contributed by atoms with van der Waals surface area (Å²) in [6.07, 6.45) is 7.24. The van der Waals surface area contributed by atoms with E-state index in [0.29, 0.717) is 23.4 Å². The zero-order chi connectivity index (χ0) is 21.4. The van der Waals surface area contributed by atoms with Crippen LogP contribution in [-0.2, 0) is 0 Å². The molecule has 0 bridgehead atoms. The summed E-state index contributed by atoms with van der Waals surface area (Å²) < 4.78 is 33.2. The summed E-state index contributed by atoms with van der Waals surface area (Å²) >= 11 is 0. The number of nitrogens with zero attached hydrogens (tertiary/aromatic N) is 2. The van der Waals surface area contributed by atoms with Crippen LogP contribution in [0.2, 0.25) is 0 Å². The molecule has 2 aromatic heterocycles. The van der Waals surface area contributed by atoms with Crippen LogP contribution < -0.4 is 5.32 Å². The first-order valence-electron chi connectivity index (χ1n) is 10.9. The molecule has 2 heterocycles. The second-order valence-electron chi connectivity index (χ2n) is 8.67. The number of halogens is 2. The van der Waals surface area contributed by atoms with E-state index in [1.807, 2.05) is 12.3 Å². The number of nitrogens with one attached hydrogen (secondary N) is 1. The average Bonchev–Trinajstić information content (AvgIpc) is 3.17. The SMILES string of the molecule is C[C@H](CC1CCC(c2ccnc3ccc(F)cc23)CC1)Nc1nc2cccc(F)c2o1. The maximum Gasteiger partial charge on any atom is 0.295 e. The molecule has 1 aliphatic rings. The Morgan fingerprint density at radius 1 is 1.06 bits per heavy atom. The zero-order valence-electron chi connectivity index (χ0n) is 17.4. The van der Waals surface area contributed by atoms with Gasteiger partial charge in [-0.05, 0) is 92.8 Å². The lowest BCUT2D eigenvalue weighted by Gasteiger charge is -2.31. The van der Waals surface area contributed by atoms with Crippen molar-refractivity contribution in [3.63, 3.8) is 0 Å². The third kappa shape index (κ3) is 4.11. The van der Waals surface area contributed by atoms with Gasteiger partial charge in [0.05, 0.1) is 5.52 Å². The van der Waals surface area contributed by atoms with Crippen LogP contribution in [0, 0.1) is 17.6 Å². The Balaban J connectivity index is 1.21. The van der Waals surface area contributed by atoms with E-state index in [0.717, 1.165) is 43.0 Å².